The van der Waals surface area contributed by atoms with Crippen LogP contribution in [0.2, 0.25) is 0 Å². The Hall–Kier alpha value is -2.89. The number of rotatable bonds is 6. The second-order valence-corrected chi connectivity index (χ2v) is 4.61. The van der Waals surface area contributed by atoms with Crippen molar-refractivity contribution in [3.8, 4) is 5.75 Å². The predicted molar refractivity (Wildman–Crippen MR) is 78.7 cm³/mol. The third-order valence-corrected chi connectivity index (χ3v) is 3.09. The lowest BCUT2D eigenvalue weighted by molar-refractivity contribution is -0.144. The zero-order valence-electron chi connectivity index (χ0n) is 12.0. The molecule has 1 aromatic carbocycles. The zero-order chi connectivity index (χ0) is 16.1. The van der Waals surface area contributed by atoms with Crippen molar-refractivity contribution in [3.05, 3.63) is 47.6 Å². The van der Waals surface area contributed by atoms with Crippen LogP contribution in [0.25, 0.3) is 6.08 Å². The van der Waals surface area contributed by atoms with Gasteiger partial charge in [-0.3, -0.25) is 19.7 Å². The molecule has 0 bridgehead atoms. The molecule has 1 N–H and O–H groups in total. The molecule has 2 amide bonds. The van der Waals surface area contributed by atoms with Gasteiger partial charge in [-0.15, -0.1) is 0 Å². The Morgan fingerprint density at radius 1 is 1.36 bits per heavy atom. The fourth-order valence-electron chi connectivity index (χ4n) is 1.97. The van der Waals surface area contributed by atoms with Crippen molar-refractivity contribution in [2.75, 3.05) is 7.11 Å². The summed E-state index contributed by atoms with van der Waals surface area (Å²) < 4.78 is 10.3. The van der Waals surface area contributed by atoms with Gasteiger partial charge in [0.15, 0.2) is 0 Å². The lowest BCUT2D eigenvalue weighted by Gasteiger charge is -2.09. The second-order valence-electron chi connectivity index (χ2n) is 4.61. The SMILES string of the molecule is C=Cc1ccc(COC(=O)CC2=CC(=O)NC2=O)cc1OC. The van der Waals surface area contributed by atoms with E-state index in [9.17, 15) is 14.4 Å². The number of amides is 2. The van der Waals surface area contributed by atoms with Crippen molar-refractivity contribution in [3.63, 3.8) is 0 Å². The molecule has 0 unspecified atom stereocenters. The van der Waals surface area contributed by atoms with Crippen LogP contribution >= 0.6 is 0 Å². The number of carbonyl (C=O) groups is 3. The minimum atomic E-state index is -0.581. The fourth-order valence-corrected chi connectivity index (χ4v) is 1.97. The first-order valence-corrected chi connectivity index (χ1v) is 6.54. The Morgan fingerprint density at radius 3 is 2.73 bits per heavy atom. The second kappa shape index (κ2) is 6.71. The smallest absolute Gasteiger partial charge is 0.310 e. The standard InChI is InChI=1S/C16H15NO5/c1-3-11-5-4-10(6-13(11)21-2)9-22-15(19)8-12-7-14(18)17-16(12)20/h3-7H,1,8-9H2,2H3,(H,17,18,20). The summed E-state index contributed by atoms with van der Waals surface area (Å²) in [5, 5.41) is 2.07. The van der Waals surface area contributed by atoms with Crippen LogP contribution < -0.4 is 10.1 Å². The van der Waals surface area contributed by atoms with Gasteiger partial charge in [0.2, 0.25) is 0 Å². The highest BCUT2D eigenvalue weighted by Crippen LogP contribution is 2.21. The number of hydrogen-bond acceptors (Lipinski definition) is 5. The van der Waals surface area contributed by atoms with Crippen LogP contribution in [0.4, 0.5) is 0 Å². The van der Waals surface area contributed by atoms with Crippen LogP contribution in [0.3, 0.4) is 0 Å². The number of benzene rings is 1. The van der Waals surface area contributed by atoms with E-state index >= 15 is 0 Å². The molecule has 0 spiro atoms. The highest BCUT2D eigenvalue weighted by atomic mass is 16.5. The van der Waals surface area contributed by atoms with Gasteiger partial charge in [0.05, 0.1) is 13.5 Å². The highest BCUT2D eigenvalue weighted by Gasteiger charge is 2.23. The van der Waals surface area contributed by atoms with Crippen molar-refractivity contribution in [2.45, 2.75) is 13.0 Å². The fraction of sp³-hybridized carbons (Fsp3) is 0.188. The third kappa shape index (κ3) is 3.60. The molecule has 0 saturated carbocycles. The molecular weight excluding hydrogens is 286 g/mol. The van der Waals surface area contributed by atoms with E-state index in [0.29, 0.717) is 5.75 Å². The minimum Gasteiger partial charge on any atom is -0.496 e. The molecule has 1 aliphatic rings. The van der Waals surface area contributed by atoms with E-state index < -0.39 is 17.8 Å². The monoisotopic (exact) mass is 301 g/mol. The Bertz CT molecular complexity index is 675. The summed E-state index contributed by atoms with van der Waals surface area (Å²) in [5.74, 6) is -1.02. The van der Waals surface area contributed by atoms with Crippen LogP contribution in [0.1, 0.15) is 17.5 Å². The van der Waals surface area contributed by atoms with Gasteiger partial charge in [-0.1, -0.05) is 24.8 Å². The number of nitrogens with one attached hydrogen (secondary N) is 1. The summed E-state index contributed by atoms with van der Waals surface area (Å²) in [5.41, 5.74) is 1.69. The van der Waals surface area contributed by atoms with Gasteiger partial charge in [-0.25, -0.2) is 0 Å². The molecule has 1 aliphatic heterocycles. The van der Waals surface area contributed by atoms with E-state index in [0.717, 1.165) is 17.2 Å². The van der Waals surface area contributed by atoms with E-state index in [1.54, 1.807) is 31.4 Å². The maximum Gasteiger partial charge on any atom is 0.310 e. The maximum atomic E-state index is 11.7. The molecule has 0 aliphatic carbocycles. The average molecular weight is 301 g/mol. The number of imide groups is 1. The summed E-state index contributed by atoms with van der Waals surface area (Å²) in [6.07, 6.45) is 2.53. The van der Waals surface area contributed by atoms with Gasteiger partial charge < -0.3 is 9.47 Å². The molecule has 22 heavy (non-hydrogen) atoms. The van der Waals surface area contributed by atoms with Gasteiger partial charge in [-0.2, -0.15) is 0 Å². The molecule has 1 aromatic rings. The first-order chi connectivity index (χ1) is 10.5. The maximum absolute atomic E-state index is 11.7. The molecule has 0 saturated heterocycles. The Morgan fingerprint density at radius 2 is 2.14 bits per heavy atom. The lowest BCUT2D eigenvalue weighted by Crippen LogP contribution is -2.23. The average Bonchev–Trinajstić information content (AvgIpc) is 2.82. The van der Waals surface area contributed by atoms with E-state index in [1.165, 1.54) is 0 Å². The molecule has 6 heteroatoms. The van der Waals surface area contributed by atoms with Crippen molar-refractivity contribution >= 4 is 23.9 Å². The predicted octanol–water partition coefficient (Wildman–Crippen LogP) is 1.35. The number of carbonyl (C=O) groups excluding carboxylic acids is 3. The van der Waals surface area contributed by atoms with Crippen molar-refractivity contribution in [1.29, 1.82) is 0 Å². The van der Waals surface area contributed by atoms with Gasteiger partial charge in [-0.05, 0) is 11.6 Å². The van der Waals surface area contributed by atoms with Crippen LogP contribution in [-0.2, 0) is 25.7 Å². The first-order valence-electron chi connectivity index (χ1n) is 6.54. The number of esters is 1. The Labute approximate surface area is 127 Å². The van der Waals surface area contributed by atoms with E-state index in [-0.39, 0.29) is 18.6 Å². The largest absolute Gasteiger partial charge is 0.496 e. The van der Waals surface area contributed by atoms with Gasteiger partial charge in [0, 0.05) is 17.2 Å². The first kappa shape index (κ1) is 15.5. The van der Waals surface area contributed by atoms with Gasteiger partial charge in [0.25, 0.3) is 11.8 Å². The van der Waals surface area contributed by atoms with Gasteiger partial charge >= 0.3 is 5.97 Å². The van der Waals surface area contributed by atoms with Crippen molar-refractivity contribution in [1.82, 2.24) is 5.32 Å². The normalized spacial score (nSPS) is 13.4. The van der Waals surface area contributed by atoms with Crippen molar-refractivity contribution in [2.24, 2.45) is 0 Å². The molecule has 0 aromatic heterocycles. The van der Waals surface area contributed by atoms with E-state index in [1.807, 2.05) is 0 Å². The lowest BCUT2D eigenvalue weighted by atomic mass is 10.1. The Balaban J connectivity index is 1.94. The molecule has 0 radical (unpaired) electrons. The highest BCUT2D eigenvalue weighted by molar-refractivity contribution is 6.17. The van der Waals surface area contributed by atoms with Crippen molar-refractivity contribution < 1.29 is 23.9 Å². The molecule has 2 rings (SSSR count). The van der Waals surface area contributed by atoms with E-state index in [2.05, 4.69) is 11.9 Å². The molecule has 1 heterocycles. The van der Waals surface area contributed by atoms with Crippen LogP contribution in [0.15, 0.2) is 36.4 Å². The summed E-state index contributed by atoms with van der Waals surface area (Å²) in [6, 6.07) is 5.34. The molecule has 0 fully saturated rings. The van der Waals surface area contributed by atoms with Crippen LogP contribution in [0, 0.1) is 0 Å². The molecule has 114 valence electrons. The van der Waals surface area contributed by atoms with Crippen LogP contribution in [0.5, 0.6) is 5.75 Å². The molecule has 0 atom stereocenters. The number of hydrogen-bond donors (Lipinski definition) is 1. The Kier molecular flexibility index (Phi) is 4.73. The number of methoxy groups -OCH3 is 1. The number of ether oxygens (including phenoxy) is 2. The summed E-state index contributed by atoms with van der Waals surface area (Å²) in [6.45, 7) is 3.73. The van der Waals surface area contributed by atoms with E-state index in [4.69, 9.17) is 9.47 Å². The zero-order valence-corrected chi connectivity index (χ0v) is 12.0. The molecular formula is C16H15NO5. The van der Waals surface area contributed by atoms with Gasteiger partial charge in [0.1, 0.15) is 12.4 Å². The van der Waals surface area contributed by atoms with Crippen LogP contribution in [-0.4, -0.2) is 24.9 Å². The summed E-state index contributed by atoms with van der Waals surface area (Å²) >= 11 is 0. The quantitative estimate of drug-likeness (QED) is 0.633. The molecule has 6 nitrogen and oxygen atoms in total. The summed E-state index contributed by atoms with van der Waals surface area (Å²) in [4.78, 5) is 34.0. The minimum absolute atomic E-state index is 0.0511. The third-order valence-electron chi connectivity index (χ3n) is 3.09. The topological polar surface area (TPSA) is 81.7 Å². The summed E-state index contributed by atoms with van der Waals surface area (Å²) in [7, 11) is 1.54.